The molecular weight excluding hydrogens is 370 g/mol. The topological polar surface area (TPSA) is 106 Å². The number of benzene rings is 3. The first-order valence-electron chi connectivity index (χ1n) is 8.74. The molecule has 8 heteroatoms. The maximum atomic E-state index is 11.2. The number of hydrogen-bond acceptors (Lipinski definition) is 7. The highest BCUT2D eigenvalue weighted by atomic mass is 16.6. The van der Waals surface area contributed by atoms with Gasteiger partial charge in [-0.1, -0.05) is 65.8 Å². The van der Waals surface area contributed by atoms with Gasteiger partial charge < -0.3 is 4.52 Å². The van der Waals surface area contributed by atoms with Crippen LogP contribution in [0.1, 0.15) is 11.4 Å². The molecule has 1 N–H and O–H groups in total. The van der Waals surface area contributed by atoms with Gasteiger partial charge in [0.15, 0.2) is 0 Å². The third-order valence-electron chi connectivity index (χ3n) is 4.09. The minimum atomic E-state index is -0.470. The van der Waals surface area contributed by atoms with Gasteiger partial charge in [0.1, 0.15) is 11.4 Å². The molecule has 29 heavy (non-hydrogen) atoms. The van der Waals surface area contributed by atoms with Gasteiger partial charge in [-0.3, -0.25) is 15.5 Å². The zero-order valence-electron chi connectivity index (χ0n) is 15.1. The molecule has 4 rings (SSSR count). The molecule has 0 bridgehead atoms. The van der Waals surface area contributed by atoms with Crippen molar-refractivity contribution in [2.24, 2.45) is 5.10 Å². The minimum Gasteiger partial charge on any atom is -0.334 e. The van der Waals surface area contributed by atoms with E-state index in [1.807, 2.05) is 60.7 Å². The molecule has 0 unspecified atom stereocenters. The summed E-state index contributed by atoms with van der Waals surface area (Å²) in [4.78, 5) is 15.2. The lowest BCUT2D eigenvalue weighted by molar-refractivity contribution is -0.384. The van der Waals surface area contributed by atoms with Crippen LogP contribution in [0.3, 0.4) is 0 Å². The lowest BCUT2D eigenvalue weighted by atomic mass is 10.1. The zero-order valence-corrected chi connectivity index (χ0v) is 15.1. The first-order valence-corrected chi connectivity index (χ1v) is 8.74. The fourth-order valence-electron chi connectivity index (χ4n) is 2.70. The third-order valence-corrected chi connectivity index (χ3v) is 4.09. The standard InChI is InChI=1S/C21H15N5O3/c27-26(28)18-14-8-7-13-17(18)23-24-19(15-9-3-1-4-10-15)20-22-21(29-25-20)16-11-5-2-6-12-16/h1-14,23H/b24-19+. The summed E-state index contributed by atoms with van der Waals surface area (Å²) in [5.41, 5.74) is 4.86. The molecule has 8 nitrogen and oxygen atoms in total. The van der Waals surface area contributed by atoms with E-state index in [1.165, 1.54) is 6.07 Å². The average molecular weight is 385 g/mol. The molecule has 0 spiro atoms. The Bertz CT molecular complexity index is 1160. The van der Waals surface area contributed by atoms with E-state index in [-0.39, 0.29) is 17.2 Å². The third kappa shape index (κ3) is 4.01. The highest BCUT2D eigenvalue weighted by Gasteiger charge is 2.17. The van der Waals surface area contributed by atoms with Gasteiger partial charge in [0.25, 0.3) is 11.6 Å². The van der Waals surface area contributed by atoms with Crippen LogP contribution in [0.25, 0.3) is 11.5 Å². The van der Waals surface area contributed by atoms with Crippen LogP contribution < -0.4 is 5.43 Å². The first-order chi connectivity index (χ1) is 14.2. The average Bonchev–Trinajstić information content (AvgIpc) is 3.25. The van der Waals surface area contributed by atoms with Gasteiger partial charge in [-0.05, 0) is 18.2 Å². The number of rotatable bonds is 6. The summed E-state index contributed by atoms with van der Waals surface area (Å²) in [7, 11) is 0. The highest BCUT2D eigenvalue weighted by Crippen LogP contribution is 2.24. The SMILES string of the molecule is O=[N+]([O-])c1ccccc1N/N=C(\c1ccccc1)c1noc(-c2ccccc2)n1. The summed E-state index contributed by atoms with van der Waals surface area (Å²) in [6.45, 7) is 0. The molecule has 0 aliphatic carbocycles. The number of para-hydroxylation sites is 2. The van der Waals surface area contributed by atoms with Gasteiger partial charge in [-0.25, -0.2) is 0 Å². The maximum absolute atomic E-state index is 11.2. The Morgan fingerprint density at radius 3 is 2.31 bits per heavy atom. The van der Waals surface area contributed by atoms with Crippen LogP contribution in [0.4, 0.5) is 11.4 Å². The van der Waals surface area contributed by atoms with E-state index in [1.54, 1.807) is 18.2 Å². The van der Waals surface area contributed by atoms with Crippen LogP contribution >= 0.6 is 0 Å². The second-order valence-electron chi connectivity index (χ2n) is 6.00. The van der Waals surface area contributed by atoms with E-state index in [0.717, 1.165) is 11.1 Å². The van der Waals surface area contributed by atoms with Gasteiger partial charge in [0.2, 0.25) is 5.82 Å². The summed E-state index contributed by atoms with van der Waals surface area (Å²) in [5.74, 6) is 0.621. The van der Waals surface area contributed by atoms with Crippen molar-refractivity contribution in [3.8, 4) is 11.5 Å². The molecule has 0 saturated carbocycles. The summed E-state index contributed by atoms with van der Waals surface area (Å²) in [6.07, 6.45) is 0. The van der Waals surface area contributed by atoms with Crippen molar-refractivity contribution in [3.63, 3.8) is 0 Å². The van der Waals surface area contributed by atoms with Crippen molar-refractivity contribution in [1.29, 1.82) is 0 Å². The Morgan fingerprint density at radius 1 is 0.931 bits per heavy atom. The molecule has 0 fully saturated rings. The molecule has 0 radical (unpaired) electrons. The Balaban J connectivity index is 1.73. The number of aromatic nitrogens is 2. The van der Waals surface area contributed by atoms with Crippen LogP contribution in [0.15, 0.2) is 94.6 Å². The molecular formula is C21H15N5O3. The normalized spacial score (nSPS) is 11.2. The summed E-state index contributed by atoms with van der Waals surface area (Å²) in [5, 5.41) is 19.7. The van der Waals surface area contributed by atoms with Gasteiger partial charge in [-0.15, -0.1) is 0 Å². The maximum Gasteiger partial charge on any atom is 0.294 e. The van der Waals surface area contributed by atoms with E-state index in [9.17, 15) is 10.1 Å². The number of nitro benzene ring substituents is 1. The van der Waals surface area contributed by atoms with E-state index in [0.29, 0.717) is 11.6 Å². The van der Waals surface area contributed by atoms with Crippen LogP contribution in [-0.4, -0.2) is 20.8 Å². The molecule has 142 valence electrons. The smallest absolute Gasteiger partial charge is 0.294 e. The molecule has 3 aromatic carbocycles. The summed E-state index contributed by atoms with van der Waals surface area (Å²) in [6, 6.07) is 24.9. The molecule has 4 aromatic rings. The number of nitrogens with one attached hydrogen (secondary N) is 1. The van der Waals surface area contributed by atoms with Gasteiger partial charge in [-0.2, -0.15) is 10.1 Å². The van der Waals surface area contributed by atoms with Crippen LogP contribution in [0.5, 0.6) is 0 Å². The number of hydrogen-bond donors (Lipinski definition) is 1. The second-order valence-corrected chi connectivity index (χ2v) is 6.00. The number of hydrazone groups is 1. The van der Waals surface area contributed by atoms with Gasteiger partial charge in [0.05, 0.1) is 4.92 Å². The lowest BCUT2D eigenvalue weighted by Gasteiger charge is -2.05. The van der Waals surface area contributed by atoms with Crippen molar-refractivity contribution in [1.82, 2.24) is 10.1 Å². The van der Waals surface area contributed by atoms with Crippen LogP contribution in [0.2, 0.25) is 0 Å². The minimum absolute atomic E-state index is 0.0817. The summed E-state index contributed by atoms with van der Waals surface area (Å²) < 4.78 is 5.39. The predicted molar refractivity (Wildman–Crippen MR) is 109 cm³/mol. The second kappa shape index (κ2) is 8.13. The van der Waals surface area contributed by atoms with E-state index in [4.69, 9.17) is 4.52 Å². The Kier molecular flexibility index (Phi) is 5.06. The number of nitrogens with zero attached hydrogens (tertiary/aromatic N) is 4. The van der Waals surface area contributed by atoms with E-state index in [2.05, 4.69) is 20.7 Å². The number of anilines is 1. The zero-order chi connectivity index (χ0) is 20.1. The molecule has 0 aliphatic heterocycles. The number of nitro groups is 1. The fraction of sp³-hybridized carbons (Fsp3) is 0. The highest BCUT2D eigenvalue weighted by molar-refractivity contribution is 6.10. The van der Waals surface area contributed by atoms with Crippen molar-refractivity contribution in [3.05, 3.63) is 106 Å². The van der Waals surface area contributed by atoms with Crippen LogP contribution in [-0.2, 0) is 0 Å². The van der Waals surface area contributed by atoms with Crippen molar-refractivity contribution in [2.75, 3.05) is 5.43 Å². The lowest BCUT2D eigenvalue weighted by Crippen LogP contribution is -2.09. The summed E-state index contributed by atoms with van der Waals surface area (Å²) >= 11 is 0. The van der Waals surface area contributed by atoms with Crippen molar-refractivity contribution < 1.29 is 9.45 Å². The van der Waals surface area contributed by atoms with E-state index >= 15 is 0 Å². The van der Waals surface area contributed by atoms with Gasteiger partial charge in [0, 0.05) is 17.2 Å². The monoisotopic (exact) mass is 385 g/mol. The largest absolute Gasteiger partial charge is 0.334 e. The fourth-order valence-corrected chi connectivity index (χ4v) is 2.70. The van der Waals surface area contributed by atoms with Crippen molar-refractivity contribution >= 4 is 17.1 Å². The van der Waals surface area contributed by atoms with Gasteiger partial charge >= 0.3 is 0 Å². The van der Waals surface area contributed by atoms with Crippen LogP contribution in [0, 0.1) is 10.1 Å². The molecule has 1 aromatic heterocycles. The van der Waals surface area contributed by atoms with Crippen molar-refractivity contribution in [2.45, 2.75) is 0 Å². The Hall–Kier alpha value is -4.33. The predicted octanol–water partition coefficient (Wildman–Crippen LogP) is 4.51. The molecule has 0 saturated heterocycles. The quantitative estimate of drug-likeness (QED) is 0.297. The Labute approximate surface area is 165 Å². The Morgan fingerprint density at radius 2 is 1.59 bits per heavy atom. The van der Waals surface area contributed by atoms with E-state index < -0.39 is 4.92 Å². The molecule has 0 amide bonds. The molecule has 1 heterocycles. The first kappa shape index (κ1) is 18.1. The molecule has 0 atom stereocenters. The molecule has 0 aliphatic rings.